The Morgan fingerprint density at radius 2 is 2.16 bits per heavy atom. The number of hydrogen-bond acceptors (Lipinski definition) is 3. The molecule has 1 aromatic heterocycles. The lowest BCUT2D eigenvalue weighted by atomic mass is 10.00. The van der Waals surface area contributed by atoms with Crippen LogP contribution in [-0.2, 0) is 6.42 Å². The van der Waals surface area contributed by atoms with Crippen molar-refractivity contribution >= 4 is 0 Å². The van der Waals surface area contributed by atoms with E-state index in [0.29, 0.717) is 11.4 Å². The van der Waals surface area contributed by atoms with Crippen LogP contribution in [0.2, 0.25) is 0 Å². The second-order valence-corrected chi connectivity index (χ2v) is 4.19. The third kappa shape index (κ3) is 2.74. The van der Waals surface area contributed by atoms with Crippen LogP contribution in [0.3, 0.4) is 0 Å². The third-order valence-corrected chi connectivity index (χ3v) is 3.07. The van der Waals surface area contributed by atoms with Crippen molar-refractivity contribution in [3.63, 3.8) is 0 Å². The number of rotatable bonds is 4. The molecule has 0 spiro atoms. The Morgan fingerprint density at radius 1 is 1.37 bits per heavy atom. The van der Waals surface area contributed by atoms with Crippen molar-refractivity contribution in [1.82, 2.24) is 4.98 Å². The lowest BCUT2D eigenvalue weighted by Gasteiger charge is -2.15. The molecular formula is C15H16FNO2. The zero-order valence-electron chi connectivity index (χ0n) is 10.9. The summed E-state index contributed by atoms with van der Waals surface area (Å²) < 4.78 is 18.9. The van der Waals surface area contributed by atoms with E-state index in [9.17, 15) is 9.50 Å². The Kier molecular flexibility index (Phi) is 4.12. The predicted octanol–water partition coefficient (Wildman–Crippen LogP) is 2.87. The second kappa shape index (κ2) is 5.80. The Bertz CT molecular complexity index is 572. The lowest BCUT2D eigenvalue weighted by Crippen LogP contribution is -2.08. The number of aryl methyl sites for hydroxylation is 1. The number of hydrogen-bond donors (Lipinski definition) is 1. The van der Waals surface area contributed by atoms with Crippen molar-refractivity contribution in [3.8, 4) is 5.75 Å². The average molecular weight is 261 g/mol. The molecule has 0 aliphatic rings. The van der Waals surface area contributed by atoms with E-state index >= 15 is 0 Å². The molecule has 1 N–H and O–H groups in total. The molecule has 3 nitrogen and oxygen atoms in total. The maximum atomic E-state index is 13.9. The summed E-state index contributed by atoms with van der Waals surface area (Å²) in [6, 6.07) is 8.09. The summed E-state index contributed by atoms with van der Waals surface area (Å²) >= 11 is 0. The van der Waals surface area contributed by atoms with Gasteiger partial charge in [0.25, 0.3) is 0 Å². The molecule has 0 radical (unpaired) electrons. The van der Waals surface area contributed by atoms with Gasteiger partial charge in [-0.1, -0.05) is 13.0 Å². The van der Waals surface area contributed by atoms with Gasteiger partial charge in [-0.2, -0.15) is 0 Å². The van der Waals surface area contributed by atoms with Crippen molar-refractivity contribution in [2.45, 2.75) is 19.4 Å². The van der Waals surface area contributed by atoms with Crippen molar-refractivity contribution in [2.75, 3.05) is 7.11 Å². The smallest absolute Gasteiger partial charge is 0.133 e. The molecular weight excluding hydrogens is 245 g/mol. The SMILES string of the molecule is CCc1cccnc1C(O)c1ccc(OC)cc1F. The number of benzene rings is 1. The maximum absolute atomic E-state index is 13.9. The highest BCUT2D eigenvalue weighted by molar-refractivity contribution is 5.35. The van der Waals surface area contributed by atoms with Crippen LogP contribution in [0.25, 0.3) is 0 Å². The molecule has 2 rings (SSSR count). The molecule has 2 aromatic rings. The fourth-order valence-electron chi connectivity index (χ4n) is 2.00. The summed E-state index contributed by atoms with van der Waals surface area (Å²) in [7, 11) is 1.47. The van der Waals surface area contributed by atoms with E-state index < -0.39 is 11.9 Å². The van der Waals surface area contributed by atoms with Crippen LogP contribution >= 0.6 is 0 Å². The van der Waals surface area contributed by atoms with Gasteiger partial charge in [-0.25, -0.2) is 4.39 Å². The fourth-order valence-corrected chi connectivity index (χ4v) is 2.00. The Balaban J connectivity index is 2.41. The first kappa shape index (κ1) is 13.5. The van der Waals surface area contributed by atoms with Crippen LogP contribution in [0.4, 0.5) is 4.39 Å². The zero-order chi connectivity index (χ0) is 13.8. The Labute approximate surface area is 111 Å². The normalized spacial score (nSPS) is 12.2. The summed E-state index contributed by atoms with van der Waals surface area (Å²) in [5.41, 5.74) is 1.61. The van der Waals surface area contributed by atoms with Crippen molar-refractivity contribution in [1.29, 1.82) is 0 Å². The molecule has 1 unspecified atom stereocenters. The zero-order valence-corrected chi connectivity index (χ0v) is 10.9. The number of nitrogens with zero attached hydrogens (tertiary/aromatic N) is 1. The first-order chi connectivity index (χ1) is 9.17. The van der Waals surface area contributed by atoms with E-state index in [4.69, 9.17) is 4.74 Å². The van der Waals surface area contributed by atoms with Crippen LogP contribution in [0.15, 0.2) is 36.5 Å². The highest BCUT2D eigenvalue weighted by Crippen LogP contribution is 2.27. The number of pyridine rings is 1. The van der Waals surface area contributed by atoms with Crippen molar-refractivity contribution in [3.05, 3.63) is 59.2 Å². The first-order valence-corrected chi connectivity index (χ1v) is 6.12. The number of methoxy groups -OCH3 is 1. The van der Waals surface area contributed by atoms with Crippen LogP contribution in [-0.4, -0.2) is 17.2 Å². The maximum Gasteiger partial charge on any atom is 0.133 e. The third-order valence-electron chi connectivity index (χ3n) is 3.07. The standard InChI is InChI=1S/C15H16FNO2/c1-3-10-5-4-8-17-14(10)15(18)12-7-6-11(19-2)9-13(12)16/h4-9,15,18H,3H2,1-2H3. The first-order valence-electron chi connectivity index (χ1n) is 6.12. The van der Waals surface area contributed by atoms with E-state index in [-0.39, 0.29) is 5.56 Å². The second-order valence-electron chi connectivity index (χ2n) is 4.19. The summed E-state index contributed by atoms with van der Waals surface area (Å²) in [5, 5.41) is 10.3. The molecule has 1 atom stereocenters. The van der Waals surface area contributed by atoms with E-state index in [2.05, 4.69) is 4.98 Å². The molecule has 0 aliphatic carbocycles. The molecule has 0 fully saturated rings. The average Bonchev–Trinajstić information content (AvgIpc) is 2.46. The molecule has 0 saturated heterocycles. The van der Waals surface area contributed by atoms with E-state index in [0.717, 1.165) is 12.0 Å². The van der Waals surface area contributed by atoms with Gasteiger partial charge in [-0.15, -0.1) is 0 Å². The fraction of sp³-hybridized carbons (Fsp3) is 0.267. The summed E-state index contributed by atoms with van der Waals surface area (Å²) in [6.07, 6.45) is 1.26. The van der Waals surface area contributed by atoms with Crippen LogP contribution in [0, 0.1) is 5.82 Å². The highest BCUT2D eigenvalue weighted by atomic mass is 19.1. The summed E-state index contributed by atoms with van der Waals surface area (Å²) in [5.74, 6) is -0.0789. The van der Waals surface area contributed by atoms with Gasteiger partial charge < -0.3 is 9.84 Å². The van der Waals surface area contributed by atoms with Gasteiger partial charge in [0.2, 0.25) is 0 Å². The molecule has 19 heavy (non-hydrogen) atoms. The minimum Gasteiger partial charge on any atom is -0.497 e. The van der Waals surface area contributed by atoms with E-state index in [1.807, 2.05) is 13.0 Å². The van der Waals surface area contributed by atoms with Gasteiger partial charge in [0.15, 0.2) is 0 Å². The van der Waals surface area contributed by atoms with Gasteiger partial charge in [0.05, 0.1) is 12.8 Å². The van der Waals surface area contributed by atoms with Gasteiger partial charge in [0, 0.05) is 17.8 Å². The number of ether oxygens (including phenoxy) is 1. The Hall–Kier alpha value is -1.94. The van der Waals surface area contributed by atoms with Crippen LogP contribution in [0.1, 0.15) is 29.8 Å². The minimum atomic E-state index is -1.07. The molecule has 0 amide bonds. The lowest BCUT2D eigenvalue weighted by molar-refractivity contribution is 0.208. The van der Waals surface area contributed by atoms with Crippen molar-refractivity contribution in [2.24, 2.45) is 0 Å². The topological polar surface area (TPSA) is 42.4 Å². The number of halogens is 1. The molecule has 100 valence electrons. The molecule has 0 bridgehead atoms. The van der Waals surface area contributed by atoms with Gasteiger partial charge in [-0.05, 0) is 30.2 Å². The largest absolute Gasteiger partial charge is 0.497 e. The number of aliphatic hydroxyl groups excluding tert-OH is 1. The number of aromatic nitrogens is 1. The molecule has 4 heteroatoms. The van der Waals surface area contributed by atoms with Crippen LogP contribution < -0.4 is 4.74 Å². The highest BCUT2D eigenvalue weighted by Gasteiger charge is 2.19. The molecule has 1 aromatic carbocycles. The monoisotopic (exact) mass is 261 g/mol. The number of aliphatic hydroxyl groups is 1. The predicted molar refractivity (Wildman–Crippen MR) is 70.6 cm³/mol. The molecule has 0 saturated carbocycles. The van der Waals surface area contributed by atoms with Crippen molar-refractivity contribution < 1.29 is 14.2 Å². The quantitative estimate of drug-likeness (QED) is 0.920. The summed E-state index contributed by atoms with van der Waals surface area (Å²) in [4.78, 5) is 4.16. The van der Waals surface area contributed by atoms with Gasteiger partial charge in [0.1, 0.15) is 17.7 Å². The Morgan fingerprint density at radius 3 is 2.79 bits per heavy atom. The van der Waals surface area contributed by atoms with E-state index in [1.165, 1.54) is 19.2 Å². The summed E-state index contributed by atoms with van der Waals surface area (Å²) in [6.45, 7) is 1.97. The van der Waals surface area contributed by atoms with Gasteiger partial charge in [-0.3, -0.25) is 4.98 Å². The molecule has 1 heterocycles. The van der Waals surface area contributed by atoms with Crippen LogP contribution in [0.5, 0.6) is 5.75 Å². The van der Waals surface area contributed by atoms with E-state index in [1.54, 1.807) is 18.3 Å². The van der Waals surface area contributed by atoms with Gasteiger partial charge >= 0.3 is 0 Å². The molecule has 0 aliphatic heterocycles. The minimum absolute atomic E-state index is 0.203.